The fraction of sp³-hybridized carbons (Fsp3) is 0.222. The first-order chi connectivity index (χ1) is 11.0. The number of anilines is 1. The number of benzene rings is 1. The Bertz CT molecular complexity index is 835. The lowest BCUT2D eigenvalue weighted by molar-refractivity contribution is -0.115. The van der Waals surface area contributed by atoms with E-state index in [9.17, 15) is 4.79 Å². The van der Waals surface area contributed by atoms with Gasteiger partial charge in [0.25, 0.3) is 0 Å². The molecule has 1 aromatic carbocycles. The second-order valence-corrected chi connectivity index (χ2v) is 7.76. The van der Waals surface area contributed by atoms with Crippen LogP contribution in [-0.4, -0.2) is 10.9 Å². The highest BCUT2D eigenvalue weighted by molar-refractivity contribution is 7.15. The summed E-state index contributed by atoms with van der Waals surface area (Å²) >= 11 is 3.24. The minimum atomic E-state index is -0.00147. The van der Waals surface area contributed by atoms with Crippen LogP contribution in [0.2, 0.25) is 0 Å². The molecule has 118 valence electrons. The van der Waals surface area contributed by atoms with Gasteiger partial charge < -0.3 is 5.32 Å². The monoisotopic (exact) mass is 342 g/mol. The number of hydrogen-bond acceptors (Lipinski definition) is 4. The third-order valence-electron chi connectivity index (χ3n) is 3.54. The van der Waals surface area contributed by atoms with Crippen LogP contribution in [0.25, 0.3) is 10.6 Å². The van der Waals surface area contributed by atoms with Crippen LogP contribution in [0.1, 0.15) is 21.0 Å². The molecule has 0 saturated carbocycles. The predicted octanol–water partition coefficient (Wildman–Crippen LogP) is 4.98. The summed E-state index contributed by atoms with van der Waals surface area (Å²) in [4.78, 5) is 19.1. The Morgan fingerprint density at radius 2 is 2.04 bits per heavy atom. The van der Waals surface area contributed by atoms with E-state index < -0.39 is 0 Å². The van der Waals surface area contributed by atoms with Gasteiger partial charge in [0.05, 0.1) is 22.0 Å². The fourth-order valence-electron chi connectivity index (χ4n) is 2.49. The summed E-state index contributed by atoms with van der Waals surface area (Å²) in [6.07, 6.45) is 0.353. The second-order valence-electron chi connectivity index (χ2n) is 5.53. The highest BCUT2D eigenvalue weighted by Crippen LogP contribution is 2.31. The van der Waals surface area contributed by atoms with Crippen LogP contribution in [0, 0.1) is 20.8 Å². The molecular weight excluding hydrogens is 324 g/mol. The zero-order chi connectivity index (χ0) is 16.4. The maximum atomic E-state index is 12.4. The first kappa shape index (κ1) is 15.9. The average Bonchev–Trinajstić information content (AvgIpc) is 3.11. The molecule has 0 atom stereocenters. The summed E-state index contributed by atoms with van der Waals surface area (Å²) in [7, 11) is 0. The molecule has 0 spiro atoms. The van der Waals surface area contributed by atoms with E-state index in [2.05, 4.69) is 16.4 Å². The Hall–Kier alpha value is -1.98. The van der Waals surface area contributed by atoms with Gasteiger partial charge in [0.15, 0.2) is 0 Å². The van der Waals surface area contributed by atoms with Gasteiger partial charge in [0.2, 0.25) is 5.91 Å². The Morgan fingerprint density at radius 3 is 2.74 bits per heavy atom. The molecular formula is C18H18N2OS2. The Kier molecular flexibility index (Phi) is 4.59. The number of amides is 1. The molecule has 3 aromatic rings. The van der Waals surface area contributed by atoms with Crippen LogP contribution in [0.3, 0.4) is 0 Å². The van der Waals surface area contributed by atoms with Crippen LogP contribution in [0.4, 0.5) is 5.69 Å². The zero-order valence-electron chi connectivity index (χ0n) is 13.3. The number of thiazole rings is 1. The number of aromatic nitrogens is 1. The van der Waals surface area contributed by atoms with Crippen molar-refractivity contribution in [2.75, 3.05) is 5.32 Å². The van der Waals surface area contributed by atoms with Gasteiger partial charge in [-0.1, -0.05) is 23.8 Å². The van der Waals surface area contributed by atoms with Gasteiger partial charge in [0.1, 0.15) is 0 Å². The molecule has 1 N–H and O–H groups in total. The van der Waals surface area contributed by atoms with Crippen LogP contribution in [-0.2, 0) is 11.2 Å². The number of nitrogens with one attached hydrogen (secondary N) is 1. The van der Waals surface area contributed by atoms with Crippen molar-refractivity contribution in [1.29, 1.82) is 0 Å². The third-order valence-corrected chi connectivity index (χ3v) is 5.38. The molecule has 2 heterocycles. The van der Waals surface area contributed by atoms with Gasteiger partial charge in [0, 0.05) is 10.6 Å². The van der Waals surface area contributed by atoms with E-state index in [4.69, 9.17) is 0 Å². The molecule has 0 unspecified atom stereocenters. The maximum Gasteiger partial charge on any atom is 0.229 e. The summed E-state index contributed by atoms with van der Waals surface area (Å²) in [5, 5.41) is 6.03. The Morgan fingerprint density at radius 1 is 1.22 bits per heavy atom. The zero-order valence-corrected chi connectivity index (χ0v) is 15.0. The van der Waals surface area contributed by atoms with Crippen molar-refractivity contribution in [3.63, 3.8) is 0 Å². The molecule has 23 heavy (non-hydrogen) atoms. The Balaban J connectivity index is 1.78. The minimum Gasteiger partial charge on any atom is -0.326 e. The van der Waals surface area contributed by atoms with Crippen molar-refractivity contribution in [1.82, 2.24) is 4.98 Å². The third kappa shape index (κ3) is 3.68. The summed E-state index contributed by atoms with van der Waals surface area (Å²) in [6.45, 7) is 6.04. The molecule has 0 saturated heterocycles. The maximum absolute atomic E-state index is 12.4. The smallest absolute Gasteiger partial charge is 0.229 e. The molecule has 0 radical (unpaired) electrons. The van der Waals surface area contributed by atoms with Crippen molar-refractivity contribution in [3.05, 3.63) is 56.7 Å². The summed E-state index contributed by atoms with van der Waals surface area (Å²) in [5.74, 6) is -0.00147. The highest BCUT2D eigenvalue weighted by Gasteiger charge is 2.16. The van der Waals surface area contributed by atoms with Gasteiger partial charge in [-0.25, -0.2) is 4.98 Å². The SMILES string of the molecule is Cc1ccc(NC(=O)Cc2sc(C)nc2-c2cccs2)c(C)c1. The van der Waals surface area contributed by atoms with E-state index in [0.717, 1.165) is 31.7 Å². The van der Waals surface area contributed by atoms with Crippen LogP contribution in [0.5, 0.6) is 0 Å². The number of thiophene rings is 1. The molecule has 3 nitrogen and oxygen atoms in total. The number of aryl methyl sites for hydroxylation is 3. The standard InChI is InChI=1S/C18H18N2OS2/c1-11-6-7-14(12(2)9-11)20-17(21)10-16-18(19-13(3)23-16)15-5-4-8-22-15/h4-9H,10H2,1-3H3,(H,20,21). The molecule has 3 rings (SSSR count). The van der Waals surface area contributed by atoms with Crippen molar-refractivity contribution >= 4 is 34.3 Å². The summed E-state index contributed by atoms with van der Waals surface area (Å²) in [6, 6.07) is 10.1. The van der Waals surface area contributed by atoms with E-state index in [0.29, 0.717) is 6.42 Å². The van der Waals surface area contributed by atoms with Crippen LogP contribution >= 0.6 is 22.7 Å². The van der Waals surface area contributed by atoms with Crippen LogP contribution < -0.4 is 5.32 Å². The lowest BCUT2D eigenvalue weighted by Gasteiger charge is -2.09. The molecule has 0 aliphatic carbocycles. The van der Waals surface area contributed by atoms with Crippen molar-refractivity contribution in [2.24, 2.45) is 0 Å². The lowest BCUT2D eigenvalue weighted by Crippen LogP contribution is -2.15. The molecule has 0 bridgehead atoms. The van der Waals surface area contributed by atoms with E-state index in [1.54, 1.807) is 22.7 Å². The van der Waals surface area contributed by atoms with Gasteiger partial charge in [-0.3, -0.25) is 4.79 Å². The first-order valence-corrected chi connectivity index (χ1v) is 9.10. The van der Waals surface area contributed by atoms with E-state index in [1.807, 2.05) is 50.4 Å². The number of nitrogens with zero attached hydrogens (tertiary/aromatic N) is 1. The molecule has 0 aliphatic heterocycles. The minimum absolute atomic E-state index is 0.00147. The van der Waals surface area contributed by atoms with Crippen molar-refractivity contribution in [2.45, 2.75) is 27.2 Å². The largest absolute Gasteiger partial charge is 0.326 e. The molecule has 0 fully saturated rings. The number of hydrogen-bond donors (Lipinski definition) is 1. The second kappa shape index (κ2) is 6.64. The van der Waals surface area contributed by atoms with Gasteiger partial charge in [-0.15, -0.1) is 22.7 Å². The molecule has 2 aromatic heterocycles. The topological polar surface area (TPSA) is 42.0 Å². The summed E-state index contributed by atoms with van der Waals surface area (Å²) in [5.41, 5.74) is 4.09. The fourth-order valence-corrected chi connectivity index (χ4v) is 4.24. The van der Waals surface area contributed by atoms with Crippen molar-refractivity contribution in [3.8, 4) is 10.6 Å². The normalized spacial score (nSPS) is 10.7. The molecule has 5 heteroatoms. The Labute approximate surface area is 144 Å². The van der Waals surface area contributed by atoms with Crippen molar-refractivity contribution < 1.29 is 4.79 Å². The molecule has 0 aliphatic rings. The van der Waals surface area contributed by atoms with E-state index >= 15 is 0 Å². The van der Waals surface area contributed by atoms with Gasteiger partial charge in [-0.2, -0.15) is 0 Å². The predicted molar refractivity (Wildman–Crippen MR) is 98.4 cm³/mol. The lowest BCUT2D eigenvalue weighted by atomic mass is 10.1. The van der Waals surface area contributed by atoms with Crippen LogP contribution in [0.15, 0.2) is 35.7 Å². The average molecular weight is 342 g/mol. The van der Waals surface area contributed by atoms with E-state index in [1.165, 1.54) is 5.56 Å². The summed E-state index contributed by atoms with van der Waals surface area (Å²) < 4.78 is 0. The van der Waals surface area contributed by atoms with Gasteiger partial charge in [-0.05, 0) is 43.8 Å². The molecule has 1 amide bonds. The van der Waals surface area contributed by atoms with E-state index in [-0.39, 0.29) is 5.91 Å². The van der Waals surface area contributed by atoms with Gasteiger partial charge >= 0.3 is 0 Å². The number of carbonyl (C=O) groups excluding carboxylic acids is 1. The first-order valence-electron chi connectivity index (χ1n) is 7.40. The quantitative estimate of drug-likeness (QED) is 0.726. The highest BCUT2D eigenvalue weighted by atomic mass is 32.1. The number of carbonyl (C=O) groups is 1. The number of rotatable bonds is 4.